The van der Waals surface area contributed by atoms with Gasteiger partial charge in [0.05, 0.1) is 5.39 Å². The molecule has 0 spiro atoms. The molecule has 3 aromatic heterocycles. The molecule has 5 rings (SSSR count). The maximum Gasteiger partial charge on any atom is 0.226 e. The molecule has 1 aliphatic rings. The normalized spacial score (nSPS) is 20.2. The van der Waals surface area contributed by atoms with Crippen molar-refractivity contribution in [3.05, 3.63) is 42.0 Å². The number of para-hydroxylation sites is 1. The minimum atomic E-state index is 0.206. The Balaban J connectivity index is 1.48. The van der Waals surface area contributed by atoms with Crippen LogP contribution in [-0.2, 0) is 0 Å². The quantitative estimate of drug-likeness (QED) is 0.486. The van der Waals surface area contributed by atoms with Crippen LogP contribution >= 0.6 is 11.3 Å². The van der Waals surface area contributed by atoms with Crippen molar-refractivity contribution in [2.24, 2.45) is 0 Å². The lowest BCUT2D eigenvalue weighted by Crippen LogP contribution is -2.36. The fourth-order valence-electron chi connectivity index (χ4n) is 4.07. The molecule has 0 N–H and O–H groups in total. The topological polar surface area (TPSA) is 51.4 Å². The van der Waals surface area contributed by atoms with E-state index in [1.807, 2.05) is 18.2 Å². The van der Waals surface area contributed by atoms with E-state index in [-0.39, 0.29) is 6.10 Å². The van der Waals surface area contributed by atoms with Gasteiger partial charge in [0.1, 0.15) is 28.6 Å². The van der Waals surface area contributed by atoms with Crippen LogP contribution < -0.4 is 4.74 Å². The summed E-state index contributed by atoms with van der Waals surface area (Å²) in [5, 5.41) is 4.15. The molecule has 3 heterocycles. The van der Waals surface area contributed by atoms with Gasteiger partial charge in [0.15, 0.2) is 7.98 Å². The summed E-state index contributed by atoms with van der Waals surface area (Å²) >= 11 is 1.60. The minimum absolute atomic E-state index is 0.206. The number of fused-ring (bicyclic) bond motifs is 2. The second-order valence-corrected chi connectivity index (χ2v) is 8.53. The molecule has 1 aliphatic carbocycles. The van der Waals surface area contributed by atoms with E-state index in [4.69, 9.17) is 9.15 Å². The molecular formula is C21H22BN3O2S. The number of ether oxygens (including phenoxy) is 1. The number of benzene rings is 1. The molecular weight excluding hydrogens is 369 g/mol. The van der Waals surface area contributed by atoms with Crippen molar-refractivity contribution >= 4 is 40.5 Å². The first-order chi connectivity index (χ1) is 13.7. The van der Waals surface area contributed by atoms with Gasteiger partial charge in [0.25, 0.3) is 0 Å². The third kappa shape index (κ3) is 3.18. The summed E-state index contributed by atoms with van der Waals surface area (Å²) < 4.78 is 12.5. The zero-order valence-corrected chi connectivity index (χ0v) is 16.9. The van der Waals surface area contributed by atoms with Crippen molar-refractivity contribution in [3.8, 4) is 17.2 Å². The Morgan fingerprint density at radius 3 is 2.79 bits per heavy atom. The summed E-state index contributed by atoms with van der Waals surface area (Å²) in [6, 6.07) is 10.8. The number of hydrogen-bond donors (Lipinski definition) is 0. The third-order valence-electron chi connectivity index (χ3n) is 5.68. The van der Waals surface area contributed by atoms with E-state index in [2.05, 4.69) is 47.3 Å². The van der Waals surface area contributed by atoms with Crippen LogP contribution in [0.5, 0.6) is 5.88 Å². The van der Waals surface area contributed by atoms with Crippen LogP contribution in [0.15, 0.2) is 46.5 Å². The summed E-state index contributed by atoms with van der Waals surface area (Å²) in [5.74, 6) is 1.51. The molecule has 0 atom stereocenters. The Hall–Kier alpha value is -2.38. The maximum absolute atomic E-state index is 6.39. The van der Waals surface area contributed by atoms with Gasteiger partial charge in [-0.3, -0.25) is 0 Å². The Bertz CT molecular complexity index is 1080. The molecule has 4 aromatic rings. The van der Waals surface area contributed by atoms with Crippen LogP contribution in [0.1, 0.15) is 25.7 Å². The highest BCUT2D eigenvalue weighted by atomic mass is 32.1. The smallest absolute Gasteiger partial charge is 0.226 e. The number of aromatic nitrogens is 2. The summed E-state index contributed by atoms with van der Waals surface area (Å²) in [7, 11) is 4.32. The molecule has 0 saturated heterocycles. The highest BCUT2D eigenvalue weighted by molar-refractivity contribution is 7.17. The van der Waals surface area contributed by atoms with Crippen LogP contribution in [0.4, 0.5) is 0 Å². The van der Waals surface area contributed by atoms with Gasteiger partial charge in [-0.05, 0) is 50.9 Å². The monoisotopic (exact) mass is 391 g/mol. The van der Waals surface area contributed by atoms with Crippen LogP contribution in [0.25, 0.3) is 32.5 Å². The molecule has 5 nitrogen and oxygen atoms in total. The second-order valence-electron chi connectivity index (χ2n) is 7.67. The molecule has 1 saturated carbocycles. The van der Waals surface area contributed by atoms with Crippen molar-refractivity contribution in [2.45, 2.75) is 37.8 Å². The van der Waals surface area contributed by atoms with Crippen molar-refractivity contribution in [2.75, 3.05) is 7.05 Å². The van der Waals surface area contributed by atoms with Crippen molar-refractivity contribution < 1.29 is 9.15 Å². The Morgan fingerprint density at radius 2 is 2.00 bits per heavy atom. The van der Waals surface area contributed by atoms with Gasteiger partial charge in [-0.15, -0.1) is 11.3 Å². The molecule has 1 aromatic carbocycles. The van der Waals surface area contributed by atoms with E-state index in [0.717, 1.165) is 58.2 Å². The van der Waals surface area contributed by atoms with Crippen molar-refractivity contribution in [1.29, 1.82) is 0 Å². The average Bonchev–Trinajstić information content (AvgIpc) is 3.33. The first kappa shape index (κ1) is 17.7. The van der Waals surface area contributed by atoms with Gasteiger partial charge in [0, 0.05) is 16.3 Å². The Morgan fingerprint density at radius 1 is 1.18 bits per heavy atom. The molecule has 0 radical (unpaired) electrons. The molecule has 1 fully saturated rings. The molecule has 28 heavy (non-hydrogen) atoms. The van der Waals surface area contributed by atoms with Crippen LogP contribution in [0.2, 0.25) is 0 Å². The lowest BCUT2D eigenvalue weighted by Gasteiger charge is -2.32. The van der Waals surface area contributed by atoms with E-state index in [1.54, 1.807) is 17.7 Å². The van der Waals surface area contributed by atoms with Gasteiger partial charge in [-0.25, -0.2) is 9.97 Å². The molecule has 0 amide bonds. The number of furan rings is 1. The molecule has 7 heteroatoms. The fourth-order valence-corrected chi connectivity index (χ4v) is 4.96. The summed E-state index contributed by atoms with van der Waals surface area (Å²) in [6.07, 6.45) is 6.23. The van der Waals surface area contributed by atoms with Gasteiger partial charge >= 0.3 is 0 Å². The summed E-state index contributed by atoms with van der Waals surface area (Å²) in [5.41, 5.74) is 1.90. The molecule has 0 aliphatic heterocycles. The highest BCUT2D eigenvalue weighted by Crippen LogP contribution is 2.40. The van der Waals surface area contributed by atoms with Gasteiger partial charge in [-0.1, -0.05) is 18.2 Å². The summed E-state index contributed by atoms with van der Waals surface area (Å²) in [6.45, 7) is 0. The average molecular weight is 391 g/mol. The Labute approximate surface area is 168 Å². The zero-order valence-electron chi connectivity index (χ0n) is 16.1. The SMILES string of the molecule is BN(C)[C@H]1CC[C@H](Oc2ncnc3scc(-c4cc5ccccc5o4)c23)CC1. The van der Waals surface area contributed by atoms with E-state index < -0.39 is 0 Å². The number of nitrogens with zero attached hydrogens (tertiary/aromatic N) is 3. The van der Waals surface area contributed by atoms with Crippen LogP contribution in [-0.4, -0.2) is 42.0 Å². The molecule has 0 bridgehead atoms. The standard InChI is InChI=1S/C21H22BN3O2S/c1-25(22)14-6-8-15(9-7-14)26-20-19-16(11-28-21(19)24-12-23-20)18-10-13-4-2-3-5-17(13)27-18/h2-5,10-12,14-15H,6-9,22H2,1H3/t14-,15-. The van der Waals surface area contributed by atoms with E-state index in [9.17, 15) is 0 Å². The van der Waals surface area contributed by atoms with Gasteiger partial charge < -0.3 is 14.0 Å². The lowest BCUT2D eigenvalue weighted by atomic mass is 9.91. The van der Waals surface area contributed by atoms with Crippen LogP contribution in [0.3, 0.4) is 0 Å². The van der Waals surface area contributed by atoms with Crippen LogP contribution in [0, 0.1) is 0 Å². The molecule has 142 valence electrons. The number of thiophene rings is 1. The predicted octanol–water partition coefficient (Wildman–Crippen LogP) is 4.27. The summed E-state index contributed by atoms with van der Waals surface area (Å²) in [4.78, 5) is 12.2. The fraction of sp³-hybridized carbons (Fsp3) is 0.333. The lowest BCUT2D eigenvalue weighted by molar-refractivity contribution is 0.123. The van der Waals surface area contributed by atoms with Gasteiger partial charge in [0.2, 0.25) is 5.88 Å². The zero-order chi connectivity index (χ0) is 19.1. The Kier molecular flexibility index (Phi) is 4.57. The van der Waals surface area contributed by atoms with Gasteiger partial charge in [-0.2, -0.15) is 0 Å². The van der Waals surface area contributed by atoms with E-state index >= 15 is 0 Å². The third-order valence-corrected chi connectivity index (χ3v) is 6.57. The second kappa shape index (κ2) is 7.22. The van der Waals surface area contributed by atoms with E-state index in [0.29, 0.717) is 11.9 Å². The first-order valence-corrected chi connectivity index (χ1v) is 10.6. The molecule has 0 unspecified atom stereocenters. The first-order valence-electron chi connectivity index (χ1n) is 9.73. The van der Waals surface area contributed by atoms with Crippen molar-refractivity contribution in [3.63, 3.8) is 0 Å². The largest absolute Gasteiger partial charge is 0.474 e. The number of rotatable bonds is 4. The van der Waals surface area contributed by atoms with Crippen molar-refractivity contribution in [1.82, 2.24) is 14.8 Å². The van der Waals surface area contributed by atoms with E-state index in [1.165, 1.54) is 0 Å². The highest BCUT2D eigenvalue weighted by Gasteiger charge is 2.25. The predicted molar refractivity (Wildman–Crippen MR) is 116 cm³/mol. The number of hydrogen-bond acceptors (Lipinski definition) is 6. The minimum Gasteiger partial charge on any atom is -0.474 e. The maximum atomic E-state index is 6.39.